The van der Waals surface area contributed by atoms with Crippen LogP contribution in [0.15, 0.2) is 12.3 Å². The molecule has 0 saturated carbocycles. The lowest BCUT2D eigenvalue weighted by atomic mass is 10.0. The number of likely N-dealkylation sites (N-methyl/N-ethyl adjacent to an activating group) is 1. The lowest BCUT2D eigenvalue weighted by Gasteiger charge is -2.37. The van der Waals surface area contributed by atoms with Crippen LogP contribution >= 0.6 is 0 Å². The number of hydrogen-bond donors (Lipinski definition) is 1. The molecule has 1 atom stereocenters. The highest BCUT2D eigenvalue weighted by atomic mass is 19.1. The molecule has 1 unspecified atom stereocenters. The van der Waals surface area contributed by atoms with Crippen molar-refractivity contribution in [2.24, 2.45) is 5.73 Å². The van der Waals surface area contributed by atoms with E-state index in [2.05, 4.69) is 28.9 Å². The smallest absolute Gasteiger partial charge is 0.141 e. The molecule has 1 aromatic rings. The Morgan fingerprint density at radius 1 is 1.56 bits per heavy atom. The van der Waals surface area contributed by atoms with Crippen molar-refractivity contribution < 1.29 is 4.39 Å². The Bertz CT molecular complexity index is 408. The van der Waals surface area contributed by atoms with Gasteiger partial charge in [0.15, 0.2) is 0 Å². The van der Waals surface area contributed by atoms with Gasteiger partial charge in [0.25, 0.3) is 0 Å². The molecule has 0 radical (unpaired) electrons. The zero-order valence-electron chi connectivity index (χ0n) is 11.1. The summed E-state index contributed by atoms with van der Waals surface area (Å²) in [5.41, 5.74) is 6.46. The first-order chi connectivity index (χ1) is 8.61. The molecule has 0 bridgehead atoms. The average molecular weight is 252 g/mol. The van der Waals surface area contributed by atoms with Gasteiger partial charge in [-0.15, -0.1) is 0 Å². The van der Waals surface area contributed by atoms with Crippen molar-refractivity contribution >= 4 is 5.82 Å². The van der Waals surface area contributed by atoms with E-state index in [0.717, 1.165) is 30.9 Å². The van der Waals surface area contributed by atoms with Crippen LogP contribution in [0.3, 0.4) is 0 Å². The second-order valence-corrected chi connectivity index (χ2v) is 5.05. The van der Waals surface area contributed by atoms with E-state index < -0.39 is 0 Å². The van der Waals surface area contributed by atoms with Crippen LogP contribution in [0.2, 0.25) is 0 Å². The van der Waals surface area contributed by atoms with Gasteiger partial charge >= 0.3 is 0 Å². The fraction of sp³-hybridized carbons (Fsp3) is 0.615. The van der Waals surface area contributed by atoms with Crippen LogP contribution in [0.4, 0.5) is 10.2 Å². The van der Waals surface area contributed by atoms with Crippen LogP contribution < -0.4 is 10.6 Å². The summed E-state index contributed by atoms with van der Waals surface area (Å²) < 4.78 is 13.2. The molecule has 1 fully saturated rings. The molecule has 2 heterocycles. The predicted octanol–water partition coefficient (Wildman–Crippen LogP) is 1.21. The summed E-state index contributed by atoms with van der Waals surface area (Å²) in [5.74, 6) is 0.519. The van der Waals surface area contributed by atoms with Crippen LogP contribution in [0.1, 0.15) is 18.4 Å². The quantitative estimate of drug-likeness (QED) is 0.878. The van der Waals surface area contributed by atoms with Gasteiger partial charge in [-0.2, -0.15) is 0 Å². The number of anilines is 1. The van der Waals surface area contributed by atoms with Gasteiger partial charge in [-0.05, 0) is 33.0 Å². The molecule has 2 rings (SSSR count). The van der Waals surface area contributed by atoms with Crippen molar-refractivity contribution in [3.8, 4) is 0 Å². The van der Waals surface area contributed by atoms with Crippen LogP contribution in [0.5, 0.6) is 0 Å². The van der Waals surface area contributed by atoms with Crippen LogP contribution in [0.25, 0.3) is 0 Å². The maximum Gasteiger partial charge on any atom is 0.141 e. The fourth-order valence-corrected chi connectivity index (χ4v) is 2.48. The number of rotatable bonds is 3. The largest absolute Gasteiger partial charge is 0.355 e. The third-order valence-electron chi connectivity index (χ3n) is 3.56. The Morgan fingerprint density at radius 3 is 3.00 bits per heavy atom. The monoisotopic (exact) mass is 252 g/mol. The number of pyridine rings is 1. The Labute approximate surface area is 108 Å². The van der Waals surface area contributed by atoms with Gasteiger partial charge in [-0.3, -0.25) is 0 Å². The number of hydrogen-bond acceptors (Lipinski definition) is 4. The second-order valence-electron chi connectivity index (χ2n) is 5.05. The second kappa shape index (κ2) is 5.63. The summed E-state index contributed by atoms with van der Waals surface area (Å²) >= 11 is 0. The molecular formula is C13H21FN4. The summed E-state index contributed by atoms with van der Waals surface area (Å²) in [5, 5.41) is 0. The maximum atomic E-state index is 13.2. The normalized spacial score (nSPS) is 20.5. The van der Waals surface area contributed by atoms with Crippen LogP contribution in [-0.2, 0) is 6.54 Å². The van der Waals surface area contributed by atoms with E-state index in [1.54, 1.807) is 0 Å². The summed E-state index contributed by atoms with van der Waals surface area (Å²) in [7, 11) is 4.19. The zero-order chi connectivity index (χ0) is 13.1. The third kappa shape index (κ3) is 2.79. The Hall–Kier alpha value is -1.20. The molecule has 0 spiro atoms. The molecule has 0 amide bonds. The Morgan fingerprint density at radius 2 is 2.33 bits per heavy atom. The molecular weight excluding hydrogens is 231 g/mol. The molecule has 0 aromatic carbocycles. The Balaban J connectivity index is 2.20. The number of nitrogens with two attached hydrogens (primary N) is 1. The van der Waals surface area contributed by atoms with Crippen molar-refractivity contribution in [3.63, 3.8) is 0 Å². The summed E-state index contributed by atoms with van der Waals surface area (Å²) in [4.78, 5) is 8.67. The molecule has 4 nitrogen and oxygen atoms in total. The molecule has 1 saturated heterocycles. The minimum atomic E-state index is -0.319. The highest BCUT2D eigenvalue weighted by molar-refractivity contribution is 5.47. The number of halogens is 1. The topological polar surface area (TPSA) is 45.4 Å². The molecule has 5 heteroatoms. The van der Waals surface area contributed by atoms with Crippen molar-refractivity contribution in [2.75, 3.05) is 32.1 Å². The van der Waals surface area contributed by atoms with Gasteiger partial charge in [0.1, 0.15) is 11.6 Å². The summed E-state index contributed by atoms with van der Waals surface area (Å²) in [6.45, 7) is 2.22. The summed E-state index contributed by atoms with van der Waals surface area (Å²) in [6.07, 6.45) is 3.60. The van der Waals surface area contributed by atoms with E-state index in [0.29, 0.717) is 12.6 Å². The van der Waals surface area contributed by atoms with Crippen molar-refractivity contribution in [1.29, 1.82) is 0 Å². The minimum absolute atomic E-state index is 0.319. The van der Waals surface area contributed by atoms with E-state index in [1.165, 1.54) is 18.7 Å². The Kier molecular flexibility index (Phi) is 4.14. The average Bonchev–Trinajstić information content (AvgIpc) is 2.38. The van der Waals surface area contributed by atoms with E-state index >= 15 is 0 Å². The van der Waals surface area contributed by atoms with Gasteiger partial charge in [-0.25, -0.2) is 9.37 Å². The molecule has 0 aliphatic carbocycles. The number of aromatic nitrogens is 1. The van der Waals surface area contributed by atoms with Gasteiger partial charge < -0.3 is 15.5 Å². The van der Waals surface area contributed by atoms with Crippen molar-refractivity contribution in [1.82, 2.24) is 9.88 Å². The first kappa shape index (κ1) is 13.2. The molecule has 1 aromatic heterocycles. The first-order valence-corrected chi connectivity index (χ1v) is 6.37. The van der Waals surface area contributed by atoms with Gasteiger partial charge in [0.2, 0.25) is 0 Å². The molecule has 2 N–H and O–H groups in total. The number of piperidine rings is 1. The van der Waals surface area contributed by atoms with E-state index in [4.69, 9.17) is 5.73 Å². The van der Waals surface area contributed by atoms with Crippen molar-refractivity contribution in [3.05, 3.63) is 23.6 Å². The molecule has 100 valence electrons. The molecule has 1 aliphatic heterocycles. The van der Waals surface area contributed by atoms with E-state index in [9.17, 15) is 4.39 Å². The highest BCUT2D eigenvalue weighted by Crippen LogP contribution is 2.23. The predicted molar refractivity (Wildman–Crippen MR) is 71.0 cm³/mol. The van der Waals surface area contributed by atoms with E-state index in [-0.39, 0.29) is 5.82 Å². The van der Waals surface area contributed by atoms with Crippen LogP contribution in [0, 0.1) is 5.82 Å². The van der Waals surface area contributed by atoms with E-state index in [1.807, 2.05) is 0 Å². The van der Waals surface area contributed by atoms with Crippen molar-refractivity contribution in [2.45, 2.75) is 25.4 Å². The first-order valence-electron chi connectivity index (χ1n) is 6.37. The van der Waals surface area contributed by atoms with Crippen LogP contribution in [-0.4, -0.2) is 43.1 Å². The maximum absolute atomic E-state index is 13.2. The third-order valence-corrected chi connectivity index (χ3v) is 3.56. The highest BCUT2D eigenvalue weighted by Gasteiger charge is 2.23. The zero-order valence-corrected chi connectivity index (χ0v) is 11.1. The van der Waals surface area contributed by atoms with Gasteiger partial charge in [0, 0.05) is 31.2 Å². The standard InChI is InChI=1S/C13H21FN4/c1-17(2)12-4-3-5-18(9-12)13-10(7-15)6-11(14)8-16-13/h6,8,12H,3-5,7,9,15H2,1-2H3. The molecule has 18 heavy (non-hydrogen) atoms. The fourth-order valence-electron chi connectivity index (χ4n) is 2.48. The SMILES string of the molecule is CN(C)C1CCCN(c2ncc(F)cc2CN)C1. The lowest BCUT2D eigenvalue weighted by Crippen LogP contribution is -2.45. The van der Waals surface area contributed by atoms with Gasteiger partial charge in [-0.1, -0.05) is 0 Å². The lowest BCUT2D eigenvalue weighted by molar-refractivity contribution is 0.257. The number of nitrogens with zero attached hydrogens (tertiary/aromatic N) is 3. The molecule has 1 aliphatic rings. The van der Waals surface area contributed by atoms with Gasteiger partial charge in [0.05, 0.1) is 6.20 Å². The summed E-state index contributed by atoms with van der Waals surface area (Å²) in [6, 6.07) is 2.01. The minimum Gasteiger partial charge on any atom is -0.355 e.